The third-order valence-electron chi connectivity index (χ3n) is 4.70. The van der Waals surface area contributed by atoms with Crippen molar-refractivity contribution in [1.82, 2.24) is 5.32 Å². The van der Waals surface area contributed by atoms with Crippen molar-refractivity contribution in [2.75, 3.05) is 7.05 Å². The molecule has 0 saturated heterocycles. The molecule has 0 aromatic heterocycles. The summed E-state index contributed by atoms with van der Waals surface area (Å²) < 4.78 is 0. The van der Waals surface area contributed by atoms with Crippen LogP contribution in [0.1, 0.15) is 38.5 Å². The van der Waals surface area contributed by atoms with Crippen LogP contribution in [0.2, 0.25) is 0 Å². The highest BCUT2D eigenvalue weighted by molar-refractivity contribution is 7.80. The van der Waals surface area contributed by atoms with Gasteiger partial charge in [-0.1, -0.05) is 12.2 Å². The van der Waals surface area contributed by atoms with Gasteiger partial charge in [0, 0.05) is 17.3 Å². The van der Waals surface area contributed by atoms with Gasteiger partial charge in [-0.05, 0) is 50.4 Å². The second kappa shape index (κ2) is 3.10. The van der Waals surface area contributed by atoms with E-state index in [1.807, 2.05) is 7.05 Å². The molecule has 4 aliphatic rings. The fourth-order valence-electron chi connectivity index (χ4n) is 4.68. The largest absolute Gasteiger partial charge is 0.382 e. The lowest BCUT2D eigenvalue weighted by Crippen LogP contribution is -2.57. The number of hydrogen-bond acceptors (Lipinski definition) is 1. The minimum Gasteiger partial charge on any atom is -0.382 e. The Bertz CT molecular complexity index is 301. The van der Waals surface area contributed by atoms with Gasteiger partial charge >= 0.3 is 0 Å². The SMILES string of the molecule is CNC(=S)C12CC3CC(CC(Cl)(C3)C1)C2. The molecular formula is C12H18ClNS. The Morgan fingerprint density at radius 1 is 1.27 bits per heavy atom. The zero-order chi connectivity index (χ0) is 10.7. The molecular weight excluding hydrogens is 226 g/mol. The van der Waals surface area contributed by atoms with E-state index in [4.69, 9.17) is 23.8 Å². The van der Waals surface area contributed by atoms with Gasteiger partial charge in [0.1, 0.15) is 0 Å². The van der Waals surface area contributed by atoms with E-state index in [0.717, 1.165) is 23.2 Å². The monoisotopic (exact) mass is 243 g/mol. The quantitative estimate of drug-likeness (QED) is 0.561. The van der Waals surface area contributed by atoms with E-state index in [9.17, 15) is 0 Å². The fourth-order valence-corrected chi connectivity index (χ4v) is 5.61. The van der Waals surface area contributed by atoms with Gasteiger partial charge in [0.2, 0.25) is 0 Å². The number of hydrogen-bond donors (Lipinski definition) is 1. The number of halogens is 1. The van der Waals surface area contributed by atoms with Crippen LogP contribution in [0.15, 0.2) is 0 Å². The van der Waals surface area contributed by atoms with E-state index in [0.29, 0.717) is 0 Å². The van der Waals surface area contributed by atoms with Gasteiger partial charge in [-0.3, -0.25) is 0 Å². The first-order valence-electron chi connectivity index (χ1n) is 5.96. The summed E-state index contributed by atoms with van der Waals surface area (Å²) in [6.45, 7) is 0. The molecule has 84 valence electrons. The number of rotatable bonds is 1. The topological polar surface area (TPSA) is 12.0 Å². The molecule has 0 amide bonds. The summed E-state index contributed by atoms with van der Waals surface area (Å²) in [5.41, 5.74) is 0.260. The Balaban J connectivity index is 1.96. The van der Waals surface area contributed by atoms with E-state index in [-0.39, 0.29) is 10.3 Å². The number of thiocarbonyl (C=S) groups is 1. The molecule has 0 radical (unpaired) electrons. The first kappa shape index (κ1) is 10.3. The van der Waals surface area contributed by atoms with Crippen molar-refractivity contribution in [3.63, 3.8) is 0 Å². The fraction of sp³-hybridized carbons (Fsp3) is 0.917. The Morgan fingerprint density at radius 2 is 1.87 bits per heavy atom. The van der Waals surface area contributed by atoms with Gasteiger partial charge in [0.25, 0.3) is 0 Å². The summed E-state index contributed by atoms with van der Waals surface area (Å²) in [4.78, 5) is 1.16. The predicted molar refractivity (Wildman–Crippen MR) is 67.4 cm³/mol. The molecule has 0 heterocycles. The van der Waals surface area contributed by atoms with Gasteiger partial charge in [-0.25, -0.2) is 0 Å². The van der Waals surface area contributed by atoms with Crippen LogP contribution in [0.25, 0.3) is 0 Å². The molecule has 4 aliphatic carbocycles. The predicted octanol–water partition coefficient (Wildman–Crippen LogP) is 3.11. The van der Waals surface area contributed by atoms with Crippen LogP contribution < -0.4 is 5.32 Å². The summed E-state index contributed by atoms with van der Waals surface area (Å²) >= 11 is 12.3. The third-order valence-corrected chi connectivity index (χ3v) is 5.78. The van der Waals surface area contributed by atoms with Crippen LogP contribution in [0.4, 0.5) is 0 Å². The molecule has 1 nitrogen and oxygen atoms in total. The number of alkyl halides is 1. The van der Waals surface area contributed by atoms with Crippen molar-refractivity contribution < 1.29 is 0 Å². The van der Waals surface area contributed by atoms with E-state index < -0.39 is 0 Å². The molecule has 1 N–H and O–H groups in total. The highest BCUT2D eigenvalue weighted by Crippen LogP contribution is 2.63. The maximum atomic E-state index is 6.73. The maximum Gasteiger partial charge on any atom is 0.0814 e. The Kier molecular flexibility index (Phi) is 2.14. The second-order valence-corrected chi connectivity index (χ2v) is 7.18. The first-order valence-corrected chi connectivity index (χ1v) is 6.75. The van der Waals surface area contributed by atoms with E-state index in [1.165, 1.54) is 32.1 Å². The van der Waals surface area contributed by atoms with E-state index in [1.54, 1.807) is 0 Å². The molecule has 3 heteroatoms. The molecule has 2 unspecified atom stereocenters. The van der Waals surface area contributed by atoms with Crippen molar-refractivity contribution in [1.29, 1.82) is 0 Å². The molecule has 4 fully saturated rings. The lowest BCUT2D eigenvalue weighted by molar-refractivity contribution is 0.00167. The van der Waals surface area contributed by atoms with Crippen LogP contribution in [0.5, 0.6) is 0 Å². The highest BCUT2D eigenvalue weighted by Gasteiger charge is 2.58. The minimum absolute atomic E-state index is 0.0883. The van der Waals surface area contributed by atoms with Crippen LogP contribution in [0.3, 0.4) is 0 Å². The molecule has 4 bridgehead atoms. The molecule has 4 saturated carbocycles. The molecule has 2 atom stereocenters. The summed E-state index contributed by atoms with van der Waals surface area (Å²) in [5, 5.41) is 3.21. The van der Waals surface area contributed by atoms with Crippen molar-refractivity contribution in [2.45, 2.75) is 43.4 Å². The van der Waals surface area contributed by atoms with Gasteiger partial charge in [0.15, 0.2) is 0 Å². The summed E-state index contributed by atoms with van der Waals surface area (Å²) in [6, 6.07) is 0. The average molecular weight is 244 g/mol. The highest BCUT2D eigenvalue weighted by atomic mass is 35.5. The van der Waals surface area contributed by atoms with Crippen LogP contribution in [-0.2, 0) is 0 Å². The molecule has 0 aliphatic heterocycles. The molecule has 4 rings (SSSR count). The maximum absolute atomic E-state index is 6.73. The number of nitrogens with one attached hydrogen (secondary N) is 1. The van der Waals surface area contributed by atoms with Crippen molar-refractivity contribution in [2.24, 2.45) is 17.3 Å². The Labute approximate surface area is 102 Å². The minimum atomic E-state index is 0.0883. The lowest BCUT2D eigenvalue weighted by Gasteiger charge is -2.60. The van der Waals surface area contributed by atoms with Crippen molar-refractivity contribution in [3.05, 3.63) is 0 Å². The van der Waals surface area contributed by atoms with Gasteiger partial charge < -0.3 is 5.32 Å². The Morgan fingerprint density at radius 3 is 2.33 bits per heavy atom. The van der Waals surface area contributed by atoms with Crippen LogP contribution in [0, 0.1) is 17.3 Å². The second-order valence-electron chi connectivity index (χ2n) is 5.97. The molecule has 15 heavy (non-hydrogen) atoms. The van der Waals surface area contributed by atoms with Crippen LogP contribution in [-0.4, -0.2) is 16.9 Å². The summed E-state index contributed by atoms with van der Waals surface area (Å²) in [5.74, 6) is 1.69. The normalized spacial score (nSPS) is 51.9. The van der Waals surface area contributed by atoms with Crippen molar-refractivity contribution >= 4 is 28.8 Å². The summed E-state index contributed by atoms with van der Waals surface area (Å²) in [7, 11) is 1.96. The third kappa shape index (κ3) is 1.44. The smallest absolute Gasteiger partial charge is 0.0814 e. The first-order chi connectivity index (χ1) is 7.05. The van der Waals surface area contributed by atoms with Gasteiger partial charge in [0.05, 0.1) is 4.99 Å². The standard InChI is InChI=1S/C12H18ClNS/c1-14-10(15)11-3-8-2-9(4-11)6-12(13,5-8)7-11/h8-9H,2-7H2,1H3,(H,14,15). The molecule has 0 aromatic carbocycles. The van der Waals surface area contributed by atoms with Crippen LogP contribution >= 0.6 is 23.8 Å². The molecule has 0 aromatic rings. The van der Waals surface area contributed by atoms with Gasteiger partial charge in [-0.15, -0.1) is 11.6 Å². The van der Waals surface area contributed by atoms with E-state index in [2.05, 4.69) is 5.32 Å². The average Bonchev–Trinajstić information content (AvgIpc) is 2.12. The van der Waals surface area contributed by atoms with E-state index >= 15 is 0 Å². The lowest BCUT2D eigenvalue weighted by atomic mass is 9.49. The Hall–Kier alpha value is 0.180. The zero-order valence-electron chi connectivity index (χ0n) is 9.18. The zero-order valence-corrected chi connectivity index (χ0v) is 10.8. The van der Waals surface area contributed by atoms with Gasteiger partial charge in [-0.2, -0.15) is 0 Å². The van der Waals surface area contributed by atoms with Crippen molar-refractivity contribution in [3.8, 4) is 0 Å². The summed E-state index contributed by atoms with van der Waals surface area (Å²) in [6.07, 6.45) is 7.57. The molecule has 0 spiro atoms.